The molecule has 0 atom stereocenters. The Labute approximate surface area is 202 Å². The molecule has 7 nitrogen and oxygen atoms in total. The number of piperidine rings is 1. The van der Waals surface area contributed by atoms with Gasteiger partial charge in [0.1, 0.15) is 0 Å². The first-order valence-electron chi connectivity index (χ1n) is 12.1. The Morgan fingerprint density at radius 1 is 0.735 bits per heavy atom. The maximum Gasteiger partial charge on any atom is 0.255 e. The van der Waals surface area contributed by atoms with Crippen LogP contribution in [0.4, 0.5) is 0 Å². The number of carbonyl (C=O) groups is 2. The molecule has 0 spiro atoms. The van der Waals surface area contributed by atoms with Crippen molar-refractivity contribution in [1.29, 1.82) is 0 Å². The summed E-state index contributed by atoms with van der Waals surface area (Å²) in [6.45, 7) is 6.77. The molecule has 2 saturated heterocycles. The number of hydrogen-bond acceptors (Lipinski definition) is 4. The number of sulfonamides is 1. The second-order valence-electron chi connectivity index (χ2n) is 9.32. The summed E-state index contributed by atoms with van der Waals surface area (Å²) in [7, 11) is -3.73. The van der Waals surface area contributed by atoms with E-state index < -0.39 is 10.0 Å². The predicted molar refractivity (Wildman–Crippen MR) is 131 cm³/mol. The van der Waals surface area contributed by atoms with Gasteiger partial charge in [0, 0.05) is 44.8 Å². The minimum Gasteiger partial charge on any atom is -0.335 e. The third-order valence-corrected chi connectivity index (χ3v) is 8.69. The van der Waals surface area contributed by atoms with Crippen LogP contribution >= 0.6 is 0 Å². The van der Waals surface area contributed by atoms with Gasteiger partial charge < -0.3 is 9.80 Å². The normalized spacial score (nSPS) is 17.7. The number of carbonyl (C=O) groups excluding carboxylic acids is 2. The first-order chi connectivity index (χ1) is 16.3. The van der Waals surface area contributed by atoms with Crippen LogP contribution in [0, 0.1) is 0 Å². The largest absolute Gasteiger partial charge is 0.335 e. The molecule has 0 radical (unpaired) electrons. The van der Waals surface area contributed by atoms with E-state index in [1.54, 1.807) is 28.0 Å². The highest BCUT2D eigenvalue weighted by Gasteiger charge is 2.32. The van der Waals surface area contributed by atoms with Crippen LogP contribution in [0.15, 0.2) is 53.4 Å². The SMILES string of the molecule is CC(C)c1ccc(C(=O)N2CCN(C(=O)c3ccccc3S(=O)(=O)N3CCCCC3)CC2)cc1. The van der Waals surface area contributed by atoms with Gasteiger partial charge in [-0.2, -0.15) is 4.31 Å². The topological polar surface area (TPSA) is 78.0 Å². The molecule has 2 heterocycles. The zero-order valence-electron chi connectivity index (χ0n) is 19.9. The number of rotatable bonds is 5. The van der Waals surface area contributed by atoms with Crippen LogP contribution in [0.2, 0.25) is 0 Å². The first kappa shape index (κ1) is 24.4. The molecule has 34 heavy (non-hydrogen) atoms. The number of amides is 2. The molecular formula is C26H33N3O4S. The first-order valence-corrected chi connectivity index (χ1v) is 13.5. The van der Waals surface area contributed by atoms with Gasteiger partial charge in [-0.25, -0.2) is 8.42 Å². The number of hydrogen-bond donors (Lipinski definition) is 0. The van der Waals surface area contributed by atoms with Gasteiger partial charge >= 0.3 is 0 Å². The summed E-state index contributed by atoms with van der Waals surface area (Å²) in [5, 5.41) is 0. The van der Waals surface area contributed by atoms with E-state index in [9.17, 15) is 18.0 Å². The quantitative estimate of drug-likeness (QED) is 0.651. The molecule has 0 unspecified atom stereocenters. The lowest BCUT2D eigenvalue weighted by Crippen LogP contribution is -2.50. The second-order valence-corrected chi connectivity index (χ2v) is 11.2. The molecule has 0 saturated carbocycles. The number of piperazine rings is 1. The second kappa shape index (κ2) is 10.3. The van der Waals surface area contributed by atoms with Crippen LogP contribution in [0.25, 0.3) is 0 Å². The molecule has 0 N–H and O–H groups in total. The zero-order chi connectivity index (χ0) is 24.3. The zero-order valence-corrected chi connectivity index (χ0v) is 20.8. The van der Waals surface area contributed by atoms with Crippen LogP contribution in [0.1, 0.15) is 65.3 Å². The van der Waals surface area contributed by atoms with E-state index in [0.29, 0.717) is 50.7 Å². The predicted octanol–water partition coefficient (Wildman–Crippen LogP) is 3.58. The molecule has 182 valence electrons. The van der Waals surface area contributed by atoms with E-state index in [1.807, 2.05) is 24.3 Å². The van der Waals surface area contributed by atoms with Crippen molar-refractivity contribution in [2.24, 2.45) is 0 Å². The van der Waals surface area contributed by atoms with Crippen molar-refractivity contribution >= 4 is 21.8 Å². The van der Waals surface area contributed by atoms with E-state index in [-0.39, 0.29) is 22.3 Å². The minimum atomic E-state index is -3.73. The Kier molecular flexibility index (Phi) is 7.38. The third-order valence-electron chi connectivity index (χ3n) is 6.73. The Bertz CT molecular complexity index is 1130. The van der Waals surface area contributed by atoms with E-state index in [2.05, 4.69) is 13.8 Å². The fourth-order valence-electron chi connectivity index (χ4n) is 4.59. The third kappa shape index (κ3) is 5.03. The maximum atomic E-state index is 13.3. The van der Waals surface area contributed by atoms with Crippen molar-refractivity contribution in [2.45, 2.75) is 43.9 Å². The maximum absolute atomic E-state index is 13.3. The molecule has 2 aliphatic heterocycles. The molecule has 2 fully saturated rings. The smallest absolute Gasteiger partial charge is 0.255 e. The van der Waals surface area contributed by atoms with Crippen molar-refractivity contribution in [2.75, 3.05) is 39.3 Å². The van der Waals surface area contributed by atoms with Gasteiger partial charge in [-0.1, -0.05) is 44.5 Å². The van der Waals surface area contributed by atoms with Crippen LogP contribution in [-0.2, 0) is 10.0 Å². The lowest BCUT2D eigenvalue weighted by Gasteiger charge is -2.35. The molecule has 0 aliphatic carbocycles. The van der Waals surface area contributed by atoms with Crippen LogP contribution in [-0.4, -0.2) is 73.6 Å². The molecule has 8 heteroatoms. The summed E-state index contributed by atoms with van der Waals surface area (Å²) in [5.74, 6) is 0.0559. The summed E-state index contributed by atoms with van der Waals surface area (Å²) in [6.07, 6.45) is 2.70. The number of benzene rings is 2. The van der Waals surface area contributed by atoms with Crippen molar-refractivity contribution < 1.29 is 18.0 Å². The van der Waals surface area contributed by atoms with E-state index in [1.165, 1.54) is 15.9 Å². The monoisotopic (exact) mass is 483 g/mol. The summed E-state index contributed by atoms with van der Waals surface area (Å²) >= 11 is 0. The Morgan fingerprint density at radius 2 is 1.29 bits per heavy atom. The Balaban J connectivity index is 1.44. The summed E-state index contributed by atoms with van der Waals surface area (Å²) in [4.78, 5) is 29.7. The summed E-state index contributed by atoms with van der Waals surface area (Å²) in [5.41, 5.74) is 2.03. The molecule has 2 aromatic carbocycles. The molecule has 4 rings (SSSR count). The highest BCUT2D eigenvalue weighted by molar-refractivity contribution is 7.89. The summed E-state index contributed by atoms with van der Waals surface area (Å²) < 4.78 is 28.0. The van der Waals surface area contributed by atoms with Gasteiger partial charge in [0.2, 0.25) is 10.0 Å². The molecule has 2 aliphatic rings. The van der Waals surface area contributed by atoms with Crippen molar-refractivity contribution in [1.82, 2.24) is 14.1 Å². The lowest BCUT2D eigenvalue weighted by atomic mass is 10.0. The van der Waals surface area contributed by atoms with Crippen LogP contribution < -0.4 is 0 Å². The van der Waals surface area contributed by atoms with Gasteiger partial charge in [-0.3, -0.25) is 9.59 Å². The molecule has 2 aromatic rings. The molecule has 2 amide bonds. The molecule has 0 aromatic heterocycles. The van der Waals surface area contributed by atoms with E-state index in [0.717, 1.165) is 19.3 Å². The van der Waals surface area contributed by atoms with Gasteiger partial charge in [0.15, 0.2) is 0 Å². The lowest BCUT2D eigenvalue weighted by molar-refractivity contribution is 0.0533. The highest BCUT2D eigenvalue weighted by atomic mass is 32.2. The highest BCUT2D eigenvalue weighted by Crippen LogP contribution is 2.25. The standard InChI is InChI=1S/C26H33N3O4S/c1-20(2)21-10-12-22(13-11-21)25(30)27-16-18-28(19-17-27)26(31)23-8-4-5-9-24(23)34(32,33)29-14-6-3-7-15-29/h4-5,8-13,20H,3,6-7,14-19H2,1-2H3. The van der Waals surface area contributed by atoms with E-state index >= 15 is 0 Å². The minimum absolute atomic E-state index is 0.0459. The fraction of sp³-hybridized carbons (Fsp3) is 0.462. The molecular weight excluding hydrogens is 450 g/mol. The van der Waals surface area contributed by atoms with Crippen molar-refractivity contribution in [3.05, 3.63) is 65.2 Å². The van der Waals surface area contributed by atoms with Gasteiger partial charge in [0.05, 0.1) is 10.5 Å². The van der Waals surface area contributed by atoms with Crippen molar-refractivity contribution in [3.8, 4) is 0 Å². The van der Waals surface area contributed by atoms with Gasteiger partial charge in [0.25, 0.3) is 11.8 Å². The molecule has 0 bridgehead atoms. The Morgan fingerprint density at radius 3 is 1.88 bits per heavy atom. The van der Waals surface area contributed by atoms with Gasteiger partial charge in [-0.05, 0) is 48.6 Å². The van der Waals surface area contributed by atoms with Gasteiger partial charge in [-0.15, -0.1) is 0 Å². The van der Waals surface area contributed by atoms with Crippen LogP contribution in [0.5, 0.6) is 0 Å². The number of nitrogens with zero attached hydrogens (tertiary/aromatic N) is 3. The summed E-state index contributed by atoms with van der Waals surface area (Å²) in [6, 6.07) is 14.2. The van der Waals surface area contributed by atoms with E-state index in [4.69, 9.17) is 0 Å². The fourth-order valence-corrected chi connectivity index (χ4v) is 6.29. The Hall–Kier alpha value is -2.71. The van der Waals surface area contributed by atoms with Crippen molar-refractivity contribution in [3.63, 3.8) is 0 Å². The average molecular weight is 484 g/mol. The average Bonchev–Trinajstić information content (AvgIpc) is 2.88. The van der Waals surface area contributed by atoms with Crippen LogP contribution in [0.3, 0.4) is 0 Å².